The Labute approximate surface area is 117 Å². The molecule has 1 aromatic carbocycles. The van der Waals surface area contributed by atoms with Crippen LogP contribution in [0.2, 0.25) is 5.15 Å². The van der Waals surface area contributed by atoms with E-state index in [-0.39, 0.29) is 0 Å². The first kappa shape index (κ1) is 13.9. The maximum absolute atomic E-state index is 6.08. The first-order valence-corrected chi connectivity index (χ1v) is 6.56. The van der Waals surface area contributed by atoms with Crippen molar-refractivity contribution in [2.75, 3.05) is 13.7 Å². The van der Waals surface area contributed by atoms with E-state index >= 15 is 0 Å². The summed E-state index contributed by atoms with van der Waals surface area (Å²) in [5.74, 6) is 0.883. The lowest BCUT2D eigenvalue weighted by molar-refractivity contribution is 0.180. The van der Waals surface area contributed by atoms with Gasteiger partial charge in [-0.2, -0.15) is 5.10 Å². The van der Waals surface area contributed by atoms with Gasteiger partial charge in [-0.15, -0.1) is 0 Å². The molecule has 2 rings (SSSR count). The van der Waals surface area contributed by atoms with Gasteiger partial charge in [0.05, 0.1) is 18.9 Å². The maximum Gasteiger partial charge on any atom is 0.127 e. The summed E-state index contributed by atoms with van der Waals surface area (Å²) < 4.78 is 12.4. The number of halogens is 1. The largest absolute Gasteiger partial charge is 0.494 e. The molecule has 0 aliphatic rings. The molecule has 0 radical (unpaired) electrons. The van der Waals surface area contributed by atoms with E-state index in [1.807, 2.05) is 36.4 Å². The van der Waals surface area contributed by atoms with E-state index in [4.69, 9.17) is 21.1 Å². The average Bonchev–Trinajstić information content (AvgIpc) is 2.77. The number of aryl methyl sites for hydroxylation is 1. The molecule has 0 aliphatic carbocycles. The van der Waals surface area contributed by atoms with Crippen LogP contribution in [-0.2, 0) is 17.9 Å². The summed E-state index contributed by atoms with van der Waals surface area (Å²) >= 11 is 6.08. The Balaban J connectivity index is 1.76. The second-order valence-corrected chi connectivity index (χ2v) is 4.52. The first-order valence-electron chi connectivity index (χ1n) is 6.18. The number of rotatable bonds is 7. The van der Waals surface area contributed by atoms with E-state index in [0.717, 1.165) is 24.4 Å². The van der Waals surface area contributed by atoms with Crippen LogP contribution in [0, 0.1) is 0 Å². The van der Waals surface area contributed by atoms with Crippen molar-refractivity contribution in [1.29, 1.82) is 0 Å². The highest BCUT2D eigenvalue weighted by atomic mass is 35.5. The molecule has 0 aliphatic heterocycles. The van der Waals surface area contributed by atoms with E-state index in [0.29, 0.717) is 18.4 Å². The molecule has 0 atom stereocenters. The molecule has 0 amide bonds. The standard InChI is InChI=1S/C14H17ClN2O2/c1-18-11-12-10-14(15)17(16-12)8-5-9-19-13-6-3-2-4-7-13/h2-4,6-7,10H,5,8-9,11H2,1H3. The van der Waals surface area contributed by atoms with Crippen molar-refractivity contribution in [1.82, 2.24) is 9.78 Å². The Morgan fingerprint density at radius 2 is 2.05 bits per heavy atom. The maximum atomic E-state index is 6.08. The molecule has 102 valence electrons. The lowest BCUT2D eigenvalue weighted by Gasteiger charge is -2.06. The van der Waals surface area contributed by atoms with Crippen LogP contribution in [0.3, 0.4) is 0 Å². The second kappa shape index (κ2) is 7.16. The molecule has 5 heteroatoms. The third-order valence-corrected chi connectivity index (χ3v) is 2.90. The number of benzene rings is 1. The summed E-state index contributed by atoms with van der Waals surface area (Å²) in [5.41, 5.74) is 0.844. The van der Waals surface area contributed by atoms with Gasteiger partial charge in [-0.05, 0) is 12.1 Å². The zero-order chi connectivity index (χ0) is 13.5. The Bertz CT molecular complexity index is 499. The van der Waals surface area contributed by atoms with Gasteiger partial charge >= 0.3 is 0 Å². The molecule has 4 nitrogen and oxygen atoms in total. The fraction of sp³-hybridized carbons (Fsp3) is 0.357. The van der Waals surface area contributed by atoms with Crippen molar-refractivity contribution in [3.8, 4) is 5.75 Å². The molecule has 2 aromatic rings. The van der Waals surface area contributed by atoms with Gasteiger partial charge in [0, 0.05) is 26.1 Å². The molecule has 0 unspecified atom stereocenters. The summed E-state index contributed by atoms with van der Waals surface area (Å²) in [6.45, 7) is 1.85. The molecular weight excluding hydrogens is 264 g/mol. The molecule has 1 aromatic heterocycles. The summed E-state index contributed by atoms with van der Waals surface area (Å²) in [7, 11) is 1.64. The SMILES string of the molecule is COCc1cc(Cl)n(CCCOc2ccccc2)n1. The van der Waals surface area contributed by atoms with Crippen LogP contribution in [-0.4, -0.2) is 23.5 Å². The summed E-state index contributed by atoms with van der Waals surface area (Å²) in [6.07, 6.45) is 0.850. The van der Waals surface area contributed by atoms with E-state index in [2.05, 4.69) is 5.10 Å². The van der Waals surface area contributed by atoms with Gasteiger partial charge in [0.25, 0.3) is 0 Å². The highest BCUT2D eigenvalue weighted by Gasteiger charge is 2.05. The molecule has 0 saturated carbocycles. The van der Waals surface area contributed by atoms with Crippen LogP contribution >= 0.6 is 11.6 Å². The zero-order valence-corrected chi connectivity index (χ0v) is 11.6. The van der Waals surface area contributed by atoms with E-state index in [9.17, 15) is 0 Å². The lowest BCUT2D eigenvalue weighted by atomic mass is 10.3. The number of ether oxygens (including phenoxy) is 2. The molecule has 0 spiro atoms. The average molecular weight is 281 g/mol. The second-order valence-electron chi connectivity index (χ2n) is 4.13. The van der Waals surface area contributed by atoms with Gasteiger partial charge in [0.2, 0.25) is 0 Å². The number of aromatic nitrogens is 2. The molecule has 1 heterocycles. The predicted octanol–water partition coefficient (Wildman–Crippen LogP) is 3.15. The molecule has 0 N–H and O–H groups in total. The summed E-state index contributed by atoms with van der Waals surface area (Å²) in [4.78, 5) is 0. The van der Waals surface area contributed by atoms with Gasteiger partial charge < -0.3 is 9.47 Å². The number of hydrogen-bond acceptors (Lipinski definition) is 3. The molecular formula is C14H17ClN2O2. The van der Waals surface area contributed by atoms with Crippen molar-refractivity contribution in [3.05, 3.63) is 47.2 Å². The highest BCUT2D eigenvalue weighted by molar-refractivity contribution is 6.29. The molecule has 0 saturated heterocycles. The minimum absolute atomic E-state index is 0.479. The van der Waals surface area contributed by atoms with E-state index < -0.39 is 0 Å². The van der Waals surface area contributed by atoms with Gasteiger partial charge in [-0.25, -0.2) is 0 Å². The molecule has 0 fully saturated rings. The third-order valence-electron chi connectivity index (χ3n) is 2.60. The van der Waals surface area contributed by atoms with Crippen molar-refractivity contribution in [2.45, 2.75) is 19.6 Å². The Hall–Kier alpha value is -1.52. The topological polar surface area (TPSA) is 36.3 Å². The van der Waals surface area contributed by atoms with Gasteiger partial charge in [-0.3, -0.25) is 4.68 Å². The number of hydrogen-bond donors (Lipinski definition) is 0. The third kappa shape index (κ3) is 4.26. The van der Waals surface area contributed by atoms with Crippen LogP contribution in [0.5, 0.6) is 5.75 Å². The van der Waals surface area contributed by atoms with Gasteiger partial charge in [-0.1, -0.05) is 29.8 Å². The van der Waals surface area contributed by atoms with E-state index in [1.165, 1.54) is 0 Å². The van der Waals surface area contributed by atoms with Crippen LogP contribution in [0.25, 0.3) is 0 Å². The van der Waals surface area contributed by atoms with Gasteiger partial charge in [0.15, 0.2) is 0 Å². The quantitative estimate of drug-likeness (QED) is 0.731. The van der Waals surface area contributed by atoms with Crippen molar-refractivity contribution in [3.63, 3.8) is 0 Å². The van der Waals surface area contributed by atoms with Gasteiger partial charge in [0.1, 0.15) is 10.9 Å². The van der Waals surface area contributed by atoms with Crippen LogP contribution in [0.4, 0.5) is 0 Å². The van der Waals surface area contributed by atoms with Crippen LogP contribution in [0.15, 0.2) is 36.4 Å². The normalized spacial score (nSPS) is 10.6. The number of para-hydroxylation sites is 1. The zero-order valence-electron chi connectivity index (χ0n) is 10.9. The highest BCUT2D eigenvalue weighted by Crippen LogP contribution is 2.13. The molecule has 19 heavy (non-hydrogen) atoms. The van der Waals surface area contributed by atoms with Crippen molar-refractivity contribution in [2.24, 2.45) is 0 Å². The summed E-state index contributed by atoms with van der Waals surface area (Å²) in [5, 5.41) is 4.98. The van der Waals surface area contributed by atoms with Crippen LogP contribution in [0.1, 0.15) is 12.1 Å². The smallest absolute Gasteiger partial charge is 0.127 e. The minimum Gasteiger partial charge on any atom is -0.494 e. The lowest BCUT2D eigenvalue weighted by Crippen LogP contribution is -2.06. The Kier molecular flexibility index (Phi) is 5.24. The monoisotopic (exact) mass is 280 g/mol. The number of methoxy groups -OCH3 is 1. The predicted molar refractivity (Wildman–Crippen MR) is 74.5 cm³/mol. The van der Waals surface area contributed by atoms with E-state index in [1.54, 1.807) is 11.8 Å². The van der Waals surface area contributed by atoms with Crippen molar-refractivity contribution >= 4 is 11.6 Å². The number of nitrogens with zero attached hydrogens (tertiary/aromatic N) is 2. The van der Waals surface area contributed by atoms with Crippen molar-refractivity contribution < 1.29 is 9.47 Å². The Morgan fingerprint density at radius 3 is 2.79 bits per heavy atom. The fourth-order valence-electron chi connectivity index (χ4n) is 1.74. The summed E-state index contributed by atoms with van der Waals surface area (Å²) in [6, 6.07) is 11.6. The first-order chi connectivity index (χ1) is 9.29. The van der Waals surface area contributed by atoms with Crippen LogP contribution < -0.4 is 4.74 Å². The Morgan fingerprint density at radius 1 is 1.26 bits per heavy atom. The minimum atomic E-state index is 0.479. The molecule has 0 bridgehead atoms. The fourth-order valence-corrected chi connectivity index (χ4v) is 1.99.